The van der Waals surface area contributed by atoms with Crippen LogP contribution >= 0.6 is 11.8 Å². The number of nitrogens with zero attached hydrogens (tertiary/aromatic N) is 2. The number of phenols is 1. The fourth-order valence-electron chi connectivity index (χ4n) is 3.26. The molecule has 1 unspecified atom stereocenters. The molecule has 128 valence electrons. The Kier molecular flexibility index (Phi) is 5.70. The summed E-state index contributed by atoms with van der Waals surface area (Å²) in [5.74, 6) is 8.09. The van der Waals surface area contributed by atoms with Gasteiger partial charge in [-0.3, -0.25) is 9.69 Å². The van der Waals surface area contributed by atoms with Gasteiger partial charge < -0.3 is 10.0 Å². The molecule has 1 N–H and O–H groups in total. The largest absolute Gasteiger partial charge is 0.508 e. The van der Waals surface area contributed by atoms with Crippen LogP contribution in [-0.2, 0) is 4.79 Å². The Balaban J connectivity index is 1.42. The van der Waals surface area contributed by atoms with E-state index in [-0.39, 0.29) is 11.3 Å². The number of hydrogen-bond donors (Lipinski definition) is 1. The van der Waals surface area contributed by atoms with E-state index in [4.69, 9.17) is 0 Å². The Labute approximate surface area is 148 Å². The van der Waals surface area contributed by atoms with Gasteiger partial charge in [-0.25, -0.2) is 0 Å². The molecule has 2 heterocycles. The number of benzene rings is 1. The minimum Gasteiger partial charge on any atom is -0.508 e. The van der Waals surface area contributed by atoms with E-state index < -0.39 is 0 Å². The highest BCUT2D eigenvalue weighted by atomic mass is 32.2. The molecule has 0 aliphatic carbocycles. The normalized spacial score (nSPS) is 22.5. The lowest BCUT2D eigenvalue weighted by molar-refractivity contribution is -0.127. The van der Waals surface area contributed by atoms with Gasteiger partial charge >= 0.3 is 0 Å². The van der Waals surface area contributed by atoms with E-state index in [1.54, 1.807) is 23.9 Å². The number of carbonyl (C=O) groups is 1. The minimum atomic E-state index is 0.205. The SMILES string of the molecule is CC1SCC(=O)N1CC#CCN1CCC(c2ccc(O)cc2)CC1. The van der Waals surface area contributed by atoms with E-state index in [2.05, 4.69) is 23.7 Å². The predicted octanol–water partition coefficient (Wildman–Crippen LogP) is 2.50. The summed E-state index contributed by atoms with van der Waals surface area (Å²) in [5, 5.41) is 9.64. The third-order valence-electron chi connectivity index (χ3n) is 4.84. The molecule has 5 heteroatoms. The first-order valence-corrected chi connectivity index (χ1v) is 9.56. The highest BCUT2D eigenvalue weighted by molar-refractivity contribution is 8.00. The Hall–Kier alpha value is -1.64. The monoisotopic (exact) mass is 344 g/mol. The summed E-state index contributed by atoms with van der Waals surface area (Å²) in [5.41, 5.74) is 1.32. The van der Waals surface area contributed by atoms with Crippen LogP contribution in [0.5, 0.6) is 5.75 Å². The molecule has 2 aliphatic rings. The molecule has 0 saturated carbocycles. The highest BCUT2D eigenvalue weighted by Crippen LogP contribution is 2.28. The van der Waals surface area contributed by atoms with Crippen molar-refractivity contribution in [2.24, 2.45) is 0 Å². The van der Waals surface area contributed by atoms with Crippen molar-refractivity contribution < 1.29 is 9.90 Å². The van der Waals surface area contributed by atoms with Crippen molar-refractivity contribution in [1.29, 1.82) is 0 Å². The summed E-state index contributed by atoms with van der Waals surface area (Å²) in [6, 6.07) is 7.60. The van der Waals surface area contributed by atoms with Crippen LogP contribution in [0.3, 0.4) is 0 Å². The average Bonchev–Trinajstić information content (AvgIpc) is 2.92. The number of likely N-dealkylation sites (tertiary alicyclic amines) is 1. The number of phenolic OH excluding ortho intramolecular Hbond substituents is 1. The lowest BCUT2D eigenvalue weighted by Gasteiger charge is -2.30. The molecular formula is C19H24N2O2S. The van der Waals surface area contributed by atoms with Crippen LogP contribution in [-0.4, -0.2) is 58.1 Å². The van der Waals surface area contributed by atoms with Crippen LogP contribution in [0.1, 0.15) is 31.2 Å². The van der Waals surface area contributed by atoms with Crippen molar-refractivity contribution in [2.75, 3.05) is 31.9 Å². The Bertz CT molecular complexity index is 627. The third-order valence-corrected chi connectivity index (χ3v) is 5.99. The molecule has 3 rings (SSSR count). The predicted molar refractivity (Wildman–Crippen MR) is 97.9 cm³/mol. The van der Waals surface area contributed by atoms with E-state index in [0.29, 0.717) is 24.0 Å². The number of carbonyl (C=O) groups excluding carboxylic acids is 1. The number of aromatic hydroxyl groups is 1. The Morgan fingerprint density at radius 3 is 2.46 bits per heavy atom. The van der Waals surface area contributed by atoms with Crippen LogP contribution in [0.4, 0.5) is 0 Å². The smallest absolute Gasteiger partial charge is 0.234 e. The molecule has 0 bridgehead atoms. The molecule has 1 aromatic carbocycles. The van der Waals surface area contributed by atoms with Gasteiger partial charge in [0.15, 0.2) is 0 Å². The molecule has 2 saturated heterocycles. The standard InChI is InChI=1S/C19H24N2O2S/c1-15-21(19(23)14-24-15)11-3-2-10-20-12-8-17(9-13-20)16-4-6-18(22)7-5-16/h4-7,15,17,22H,8-14H2,1H3. The summed E-state index contributed by atoms with van der Waals surface area (Å²) in [7, 11) is 0. The molecule has 24 heavy (non-hydrogen) atoms. The lowest BCUT2D eigenvalue weighted by atomic mass is 9.89. The van der Waals surface area contributed by atoms with Crippen molar-refractivity contribution >= 4 is 17.7 Å². The Morgan fingerprint density at radius 1 is 1.17 bits per heavy atom. The van der Waals surface area contributed by atoms with Gasteiger partial charge in [-0.05, 0) is 56.5 Å². The number of hydrogen-bond acceptors (Lipinski definition) is 4. The quantitative estimate of drug-likeness (QED) is 0.856. The minimum absolute atomic E-state index is 0.205. The topological polar surface area (TPSA) is 43.8 Å². The first-order chi connectivity index (χ1) is 11.6. The second-order valence-electron chi connectivity index (χ2n) is 6.43. The zero-order valence-electron chi connectivity index (χ0n) is 14.1. The molecule has 1 amide bonds. The maximum atomic E-state index is 11.7. The van der Waals surface area contributed by atoms with Gasteiger partial charge in [-0.1, -0.05) is 24.0 Å². The third kappa shape index (κ3) is 4.25. The molecule has 1 aromatic rings. The first-order valence-electron chi connectivity index (χ1n) is 8.51. The van der Waals surface area contributed by atoms with Crippen molar-refractivity contribution in [1.82, 2.24) is 9.80 Å². The zero-order valence-corrected chi connectivity index (χ0v) is 14.9. The van der Waals surface area contributed by atoms with Crippen molar-refractivity contribution in [3.05, 3.63) is 29.8 Å². The van der Waals surface area contributed by atoms with E-state index >= 15 is 0 Å². The molecule has 2 aliphatic heterocycles. The number of thioether (sulfide) groups is 1. The summed E-state index contributed by atoms with van der Waals surface area (Å²) in [4.78, 5) is 15.9. The summed E-state index contributed by atoms with van der Waals surface area (Å²) < 4.78 is 0. The van der Waals surface area contributed by atoms with E-state index in [1.807, 2.05) is 17.0 Å². The van der Waals surface area contributed by atoms with Crippen LogP contribution in [0.25, 0.3) is 0 Å². The molecule has 0 aromatic heterocycles. The van der Waals surface area contributed by atoms with Gasteiger partial charge in [0.1, 0.15) is 5.75 Å². The van der Waals surface area contributed by atoms with Gasteiger partial charge in [-0.15, -0.1) is 11.8 Å². The van der Waals surface area contributed by atoms with Gasteiger partial charge in [0.05, 0.1) is 24.2 Å². The summed E-state index contributed by atoms with van der Waals surface area (Å²) in [6.07, 6.45) is 2.26. The van der Waals surface area contributed by atoms with Crippen molar-refractivity contribution in [3.8, 4) is 17.6 Å². The summed E-state index contributed by atoms with van der Waals surface area (Å²) >= 11 is 1.68. The number of amides is 1. The Morgan fingerprint density at radius 2 is 1.83 bits per heavy atom. The maximum Gasteiger partial charge on any atom is 0.234 e. The van der Waals surface area contributed by atoms with Crippen LogP contribution in [0, 0.1) is 11.8 Å². The molecule has 2 fully saturated rings. The fourth-order valence-corrected chi connectivity index (χ4v) is 4.19. The molecular weight excluding hydrogens is 320 g/mol. The zero-order chi connectivity index (χ0) is 16.9. The van der Waals surface area contributed by atoms with E-state index in [9.17, 15) is 9.90 Å². The summed E-state index contributed by atoms with van der Waals surface area (Å²) in [6.45, 7) is 5.50. The van der Waals surface area contributed by atoms with Gasteiger partial charge in [0, 0.05) is 0 Å². The molecule has 0 spiro atoms. The second kappa shape index (κ2) is 7.96. The van der Waals surface area contributed by atoms with Crippen molar-refractivity contribution in [2.45, 2.75) is 31.1 Å². The fraction of sp³-hybridized carbons (Fsp3) is 0.526. The molecule has 1 atom stereocenters. The van der Waals surface area contributed by atoms with Gasteiger partial charge in [0.25, 0.3) is 0 Å². The number of piperidine rings is 1. The van der Waals surface area contributed by atoms with E-state index in [1.165, 1.54) is 5.56 Å². The maximum absolute atomic E-state index is 11.7. The molecule has 0 radical (unpaired) electrons. The second-order valence-corrected chi connectivity index (χ2v) is 7.73. The van der Waals surface area contributed by atoms with Crippen LogP contribution in [0.2, 0.25) is 0 Å². The van der Waals surface area contributed by atoms with Gasteiger partial charge in [-0.2, -0.15) is 0 Å². The van der Waals surface area contributed by atoms with E-state index in [0.717, 1.165) is 32.5 Å². The van der Waals surface area contributed by atoms with Gasteiger partial charge in [0.2, 0.25) is 5.91 Å². The van der Waals surface area contributed by atoms with Crippen LogP contribution < -0.4 is 0 Å². The number of rotatable bonds is 3. The average molecular weight is 344 g/mol. The van der Waals surface area contributed by atoms with Crippen LogP contribution in [0.15, 0.2) is 24.3 Å². The molecule has 4 nitrogen and oxygen atoms in total. The lowest BCUT2D eigenvalue weighted by Crippen LogP contribution is -2.33. The van der Waals surface area contributed by atoms with Crippen molar-refractivity contribution in [3.63, 3.8) is 0 Å². The first kappa shape index (κ1) is 17.2. The highest BCUT2D eigenvalue weighted by Gasteiger charge is 2.27.